The number of rotatable bonds is 6. The van der Waals surface area contributed by atoms with Crippen molar-refractivity contribution in [3.8, 4) is 11.8 Å². The molecule has 1 aliphatic heterocycles. The monoisotopic (exact) mass is 392 g/mol. The Kier molecular flexibility index (Phi) is 7.09. The molecule has 1 heterocycles. The zero-order valence-electron chi connectivity index (χ0n) is 17.1. The highest BCUT2D eigenvalue weighted by Crippen LogP contribution is 2.25. The minimum Gasteiger partial charge on any atom is -0.492 e. The Morgan fingerprint density at radius 2 is 1.90 bits per heavy atom. The van der Waals surface area contributed by atoms with Crippen molar-refractivity contribution in [2.45, 2.75) is 26.3 Å². The van der Waals surface area contributed by atoms with Crippen LogP contribution in [0.2, 0.25) is 0 Å². The molecule has 6 heteroatoms. The van der Waals surface area contributed by atoms with E-state index in [0.29, 0.717) is 23.6 Å². The van der Waals surface area contributed by atoms with E-state index >= 15 is 0 Å². The molecule has 1 aliphatic rings. The van der Waals surface area contributed by atoms with E-state index in [0.717, 1.165) is 38.3 Å². The van der Waals surface area contributed by atoms with Crippen LogP contribution >= 0.6 is 0 Å². The van der Waals surface area contributed by atoms with Gasteiger partial charge in [0.2, 0.25) is 5.91 Å². The van der Waals surface area contributed by atoms with E-state index in [1.165, 1.54) is 0 Å². The lowest BCUT2D eigenvalue weighted by Gasteiger charge is -2.28. The van der Waals surface area contributed by atoms with Crippen molar-refractivity contribution in [3.63, 3.8) is 0 Å². The molecule has 0 aliphatic carbocycles. The van der Waals surface area contributed by atoms with E-state index in [2.05, 4.69) is 21.2 Å². The molecule has 1 unspecified atom stereocenters. The van der Waals surface area contributed by atoms with Gasteiger partial charge in [0.05, 0.1) is 29.6 Å². The summed E-state index contributed by atoms with van der Waals surface area (Å²) in [5.41, 5.74) is 2.37. The van der Waals surface area contributed by atoms with Gasteiger partial charge in [0.15, 0.2) is 0 Å². The van der Waals surface area contributed by atoms with E-state index in [9.17, 15) is 10.1 Å². The van der Waals surface area contributed by atoms with Crippen LogP contribution in [0.5, 0.6) is 5.75 Å². The van der Waals surface area contributed by atoms with Crippen LogP contribution < -0.4 is 15.0 Å². The van der Waals surface area contributed by atoms with Gasteiger partial charge in [-0.1, -0.05) is 24.3 Å². The molecule has 1 atom stereocenters. The van der Waals surface area contributed by atoms with Crippen molar-refractivity contribution in [1.29, 1.82) is 5.26 Å². The van der Waals surface area contributed by atoms with Gasteiger partial charge < -0.3 is 15.0 Å². The number of nitrogens with zero attached hydrogens (tertiary/aromatic N) is 3. The molecule has 0 saturated carbocycles. The van der Waals surface area contributed by atoms with Crippen LogP contribution in [0.1, 0.15) is 25.8 Å². The number of amides is 1. The van der Waals surface area contributed by atoms with Crippen LogP contribution in [0, 0.1) is 11.3 Å². The average molecular weight is 393 g/mol. The number of carbonyl (C=O) groups excluding carboxylic acids is 1. The smallest absolute Gasteiger partial charge is 0.241 e. The average Bonchev–Trinajstić information content (AvgIpc) is 3.01. The number of hydrogen-bond donors (Lipinski definition) is 1. The lowest BCUT2D eigenvalue weighted by Crippen LogP contribution is -2.44. The van der Waals surface area contributed by atoms with Gasteiger partial charge in [-0.15, -0.1) is 0 Å². The van der Waals surface area contributed by atoms with Crippen LogP contribution in [-0.2, 0) is 4.79 Å². The second-order valence-electron chi connectivity index (χ2n) is 7.10. The van der Waals surface area contributed by atoms with E-state index in [1.807, 2.05) is 62.4 Å². The fourth-order valence-electron chi connectivity index (χ4n) is 3.66. The van der Waals surface area contributed by atoms with Crippen LogP contribution in [0.4, 0.5) is 11.4 Å². The minimum absolute atomic E-state index is 0.0389. The molecule has 0 bridgehead atoms. The molecule has 2 aromatic carbocycles. The Morgan fingerprint density at radius 1 is 1.14 bits per heavy atom. The summed E-state index contributed by atoms with van der Waals surface area (Å²) in [7, 11) is 0. The first-order chi connectivity index (χ1) is 14.1. The molecular weight excluding hydrogens is 364 g/mol. The third-order valence-electron chi connectivity index (χ3n) is 5.27. The van der Waals surface area contributed by atoms with E-state index in [1.54, 1.807) is 0 Å². The highest BCUT2D eigenvalue weighted by atomic mass is 16.5. The first-order valence-corrected chi connectivity index (χ1v) is 10.1. The molecule has 152 valence electrons. The zero-order valence-corrected chi connectivity index (χ0v) is 17.1. The summed E-state index contributed by atoms with van der Waals surface area (Å²) in [6.45, 7) is 7.68. The molecule has 0 spiro atoms. The third-order valence-corrected chi connectivity index (χ3v) is 5.27. The van der Waals surface area contributed by atoms with E-state index < -0.39 is 0 Å². The first-order valence-electron chi connectivity index (χ1n) is 10.1. The number of anilines is 2. The fourth-order valence-corrected chi connectivity index (χ4v) is 3.66. The molecule has 0 aromatic heterocycles. The lowest BCUT2D eigenvalue weighted by atomic mass is 10.1. The third kappa shape index (κ3) is 5.07. The molecule has 1 N–H and O–H groups in total. The SMILES string of the molecule is CCOc1ccccc1NC(=O)C(C)N1CCCN(c2ccccc2C#N)CC1. The molecule has 3 rings (SSSR count). The van der Waals surface area contributed by atoms with Gasteiger partial charge in [-0.05, 0) is 44.5 Å². The quantitative estimate of drug-likeness (QED) is 0.815. The summed E-state index contributed by atoms with van der Waals surface area (Å²) in [6.07, 6.45) is 0.937. The van der Waals surface area contributed by atoms with Crippen molar-refractivity contribution in [2.75, 3.05) is 43.0 Å². The molecular formula is C23H28N4O2. The fraction of sp³-hybridized carbons (Fsp3) is 0.391. The molecule has 29 heavy (non-hydrogen) atoms. The Bertz CT molecular complexity index is 877. The van der Waals surface area contributed by atoms with Crippen LogP contribution in [0.25, 0.3) is 0 Å². The summed E-state index contributed by atoms with van der Waals surface area (Å²) in [6, 6.07) is 17.2. The largest absolute Gasteiger partial charge is 0.492 e. The highest BCUT2D eigenvalue weighted by molar-refractivity contribution is 5.95. The normalized spacial score (nSPS) is 15.8. The maximum atomic E-state index is 12.9. The highest BCUT2D eigenvalue weighted by Gasteiger charge is 2.25. The Balaban J connectivity index is 1.64. The summed E-state index contributed by atoms with van der Waals surface area (Å²) in [5, 5.41) is 12.4. The molecule has 1 amide bonds. The number of nitriles is 1. The van der Waals surface area contributed by atoms with Crippen molar-refractivity contribution < 1.29 is 9.53 Å². The lowest BCUT2D eigenvalue weighted by molar-refractivity contribution is -0.120. The Morgan fingerprint density at radius 3 is 2.69 bits per heavy atom. The number of hydrogen-bond acceptors (Lipinski definition) is 5. The molecule has 0 radical (unpaired) electrons. The zero-order chi connectivity index (χ0) is 20.6. The number of nitrogens with one attached hydrogen (secondary N) is 1. The van der Waals surface area contributed by atoms with Gasteiger partial charge in [-0.25, -0.2) is 0 Å². The van der Waals surface area contributed by atoms with Gasteiger partial charge in [-0.3, -0.25) is 9.69 Å². The van der Waals surface area contributed by atoms with Crippen LogP contribution in [-0.4, -0.2) is 49.6 Å². The van der Waals surface area contributed by atoms with Crippen LogP contribution in [0.15, 0.2) is 48.5 Å². The van der Waals surface area contributed by atoms with Gasteiger partial charge >= 0.3 is 0 Å². The standard InChI is InChI=1S/C23H28N4O2/c1-3-29-22-12-7-5-10-20(22)25-23(28)18(2)26-13-8-14-27(16-15-26)21-11-6-4-9-19(21)17-24/h4-7,9-12,18H,3,8,13-16H2,1-2H3,(H,25,28). The van der Waals surface area contributed by atoms with Crippen LogP contribution in [0.3, 0.4) is 0 Å². The minimum atomic E-state index is -0.254. The van der Waals surface area contributed by atoms with Gasteiger partial charge in [-0.2, -0.15) is 5.26 Å². The number of carbonyl (C=O) groups is 1. The number of ether oxygens (including phenoxy) is 1. The maximum absolute atomic E-state index is 12.9. The summed E-state index contributed by atoms with van der Waals surface area (Å²) >= 11 is 0. The summed E-state index contributed by atoms with van der Waals surface area (Å²) in [4.78, 5) is 17.3. The summed E-state index contributed by atoms with van der Waals surface area (Å²) in [5.74, 6) is 0.647. The second-order valence-corrected chi connectivity index (χ2v) is 7.10. The number of para-hydroxylation sites is 3. The predicted molar refractivity (Wildman–Crippen MR) is 115 cm³/mol. The topological polar surface area (TPSA) is 68.6 Å². The van der Waals surface area contributed by atoms with Crippen molar-refractivity contribution >= 4 is 17.3 Å². The van der Waals surface area contributed by atoms with Crippen molar-refractivity contribution in [3.05, 3.63) is 54.1 Å². The summed E-state index contributed by atoms with van der Waals surface area (Å²) < 4.78 is 5.61. The first kappa shape index (κ1) is 20.7. The molecule has 1 saturated heterocycles. The Hall–Kier alpha value is -3.04. The van der Waals surface area contributed by atoms with Crippen molar-refractivity contribution in [2.24, 2.45) is 0 Å². The van der Waals surface area contributed by atoms with Gasteiger partial charge in [0, 0.05) is 26.2 Å². The Labute approximate surface area is 172 Å². The predicted octanol–water partition coefficient (Wildman–Crippen LogP) is 3.50. The van der Waals surface area contributed by atoms with Gasteiger partial charge in [0.1, 0.15) is 11.8 Å². The molecule has 2 aromatic rings. The molecule has 1 fully saturated rings. The van der Waals surface area contributed by atoms with E-state index in [4.69, 9.17) is 4.74 Å². The van der Waals surface area contributed by atoms with Crippen molar-refractivity contribution in [1.82, 2.24) is 4.90 Å². The van der Waals surface area contributed by atoms with E-state index in [-0.39, 0.29) is 11.9 Å². The van der Waals surface area contributed by atoms with Gasteiger partial charge in [0.25, 0.3) is 0 Å². The maximum Gasteiger partial charge on any atom is 0.241 e. The molecule has 6 nitrogen and oxygen atoms in total. The number of benzene rings is 2. The second kappa shape index (κ2) is 9.94.